The van der Waals surface area contributed by atoms with Gasteiger partial charge in [0.05, 0.1) is 17.5 Å². The molecule has 3 aliphatic carbocycles. The highest BCUT2D eigenvalue weighted by Gasteiger charge is 2.53. The number of phenolic OH excluding ortho intramolecular Hbond substituents is 1. The molecule has 194 valence electrons. The van der Waals surface area contributed by atoms with Crippen LogP contribution in [0.5, 0.6) is 5.75 Å². The number of carbonyl (C=O) groups excluding carboxylic acids is 3. The number of nitrogens with zero attached hydrogens (tertiary/aromatic N) is 1. The summed E-state index contributed by atoms with van der Waals surface area (Å²) in [5.74, 6) is -3.82. The van der Waals surface area contributed by atoms with Gasteiger partial charge < -0.3 is 15.9 Å². The van der Waals surface area contributed by atoms with Crippen molar-refractivity contribution < 1.29 is 24.6 Å². The zero-order chi connectivity index (χ0) is 27.3. The summed E-state index contributed by atoms with van der Waals surface area (Å²) in [4.78, 5) is 41.5. The highest BCUT2D eigenvalue weighted by molar-refractivity contribution is 6.22. The monoisotopic (exact) mass is 510 g/mol. The number of likely N-dealkylation sites (N-methyl/N-ethyl adjacent to an activating group) is 1. The highest BCUT2D eigenvalue weighted by atomic mass is 16.3. The molecule has 38 heavy (non-hydrogen) atoms. The molecule has 0 heterocycles. The number of ketones is 2. The molecular weight excluding hydrogens is 480 g/mol. The zero-order valence-electron chi connectivity index (χ0n) is 21.3. The van der Waals surface area contributed by atoms with Gasteiger partial charge in [0.15, 0.2) is 11.6 Å². The quantitative estimate of drug-likeness (QED) is 0.415. The van der Waals surface area contributed by atoms with E-state index in [1.807, 2.05) is 42.5 Å². The fraction of sp³-hybridized carbons (Fsp3) is 0.258. The molecule has 0 aromatic heterocycles. The van der Waals surface area contributed by atoms with Crippen LogP contribution < -0.4 is 5.73 Å². The second kappa shape index (κ2) is 9.58. The maximum Gasteiger partial charge on any atom is 0.255 e. The van der Waals surface area contributed by atoms with Crippen LogP contribution in [0.25, 0.3) is 12.2 Å². The first-order valence-corrected chi connectivity index (χ1v) is 12.6. The number of nitrogens with two attached hydrogens (primary N) is 1. The molecule has 4 N–H and O–H groups in total. The molecule has 0 radical (unpaired) electrons. The Bertz CT molecular complexity index is 1460. The number of phenols is 1. The molecule has 0 saturated heterocycles. The number of aliphatic hydroxyl groups is 1. The summed E-state index contributed by atoms with van der Waals surface area (Å²) < 4.78 is 0. The van der Waals surface area contributed by atoms with Crippen molar-refractivity contribution in [3.8, 4) is 5.75 Å². The van der Waals surface area contributed by atoms with Gasteiger partial charge in [0.25, 0.3) is 5.91 Å². The number of Topliss-reactive ketones (excluding diaryl/α,β-unsaturated/α-hetero) is 2. The minimum atomic E-state index is -0.999. The molecule has 5 rings (SSSR count). The van der Waals surface area contributed by atoms with Crippen molar-refractivity contribution in [3.05, 3.63) is 99.9 Å². The van der Waals surface area contributed by atoms with Gasteiger partial charge in [0, 0.05) is 11.1 Å². The lowest BCUT2D eigenvalue weighted by atomic mass is 9.58. The number of amides is 1. The van der Waals surface area contributed by atoms with Crippen LogP contribution in [-0.4, -0.2) is 52.7 Å². The van der Waals surface area contributed by atoms with Crippen molar-refractivity contribution >= 4 is 29.6 Å². The molecule has 3 unspecified atom stereocenters. The van der Waals surface area contributed by atoms with Gasteiger partial charge in [-0.3, -0.25) is 19.3 Å². The Morgan fingerprint density at radius 3 is 2.42 bits per heavy atom. The molecule has 4 atom stereocenters. The van der Waals surface area contributed by atoms with Crippen LogP contribution in [0.2, 0.25) is 0 Å². The second-order valence-corrected chi connectivity index (χ2v) is 10.4. The van der Waals surface area contributed by atoms with E-state index >= 15 is 0 Å². The third kappa shape index (κ3) is 3.90. The first kappa shape index (κ1) is 25.4. The molecular formula is C31H30N2O5. The van der Waals surface area contributed by atoms with Gasteiger partial charge in [-0.2, -0.15) is 0 Å². The summed E-state index contributed by atoms with van der Waals surface area (Å²) in [6.45, 7) is 3.91. The Morgan fingerprint density at radius 2 is 1.79 bits per heavy atom. The Kier molecular flexibility index (Phi) is 6.41. The van der Waals surface area contributed by atoms with Gasteiger partial charge in [0.2, 0.25) is 0 Å². The molecule has 0 fully saturated rings. The van der Waals surface area contributed by atoms with Gasteiger partial charge >= 0.3 is 0 Å². The Hall–Kier alpha value is -4.23. The highest BCUT2D eigenvalue weighted by Crippen LogP contribution is 2.51. The summed E-state index contributed by atoms with van der Waals surface area (Å²) in [5, 5.41) is 22.1. The summed E-state index contributed by atoms with van der Waals surface area (Å²) in [7, 11) is 3.53. The molecule has 1 amide bonds. The van der Waals surface area contributed by atoms with E-state index < -0.39 is 29.2 Å². The number of primary amides is 1. The average molecular weight is 511 g/mol. The maximum atomic E-state index is 14.0. The van der Waals surface area contributed by atoms with Crippen molar-refractivity contribution in [1.29, 1.82) is 0 Å². The molecule has 0 spiro atoms. The van der Waals surface area contributed by atoms with Crippen LogP contribution in [0.1, 0.15) is 33.5 Å². The average Bonchev–Trinajstić information content (AvgIpc) is 2.87. The maximum absolute atomic E-state index is 14.0. The standard InChI is InChI=1S/C31H30N2O5/c1-4-20-22-19(15-21-24(20)29(36)25(31(32)38)30(37)26(21)33(2)3)14-18-13-12-17(27(34)23(18)28(22)35)11-10-16-8-6-5-7-9-16/h4-13,19,21,24,26,34,37H,1,14-15H2,2-3H3,(H2,32,38)/b11-10+/t19?,21?,24?,26-/m0/s1. The number of aliphatic hydroxyl groups excluding tert-OH is 1. The van der Waals surface area contributed by atoms with E-state index in [4.69, 9.17) is 5.73 Å². The van der Waals surface area contributed by atoms with E-state index in [2.05, 4.69) is 6.58 Å². The minimum absolute atomic E-state index is 0.104. The normalized spacial score (nSPS) is 24.9. The number of rotatable bonds is 5. The van der Waals surface area contributed by atoms with Gasteiger partial charge in [-0.25, -0.2) is 0 Å². The van der Waals surface area contributed by atoms with Crippen molar-refractivity contribution in [1.82, 2.24) is 4.90 Å². The predicted octanol–water partition coefficient (Wildman–Crippen LogP) is 3.85. The lowest BCUT2D eigenvalue weighted by Crippen LogP contribution is -2.53. The van der Waals surface area contributed by atoms with E-state index in [1.54, 1.807) is 31.1 Å². The number of hydrogen-bond donors (Lipinski definition) is 3. The summed E-state index contributed by atoms with van der Waals surface area (Å²) in [6, 6.07) is 12.7. The van der Waals surface area contributed by atoms with E-state index in [-0.39, 0.29) is 34.7 Å². The lowest BCUT2D eigenvalue weighted by molar-refractivity contribution is -0.126. The van der Waals surface area contributed by atoms with Gasteiger partial charge in [-0.15, -0.1) is 0 Å². The zero-order valence-corrected chi connectivity index (χ0v) is 21.3. The molecule has 7 nitrogen and oxygen atoms in total. The number of fused-ring (bicyclic) bond motifs is 3. The van der Waals surface area contributed by atoms with Gasteiger partial charge in [0.1, 0.15) is 17.1 Å². The SMILES string of the molecule is C=CC1=C2C(=O)c3c(ccc(/C=C/c4ccccc4)c3O)CC2CC2C1C(=O)C(C(N)=O)=C(O)[C@H]2N(C)C. The predicted molar refractivity (Wildman–Crippen MR) is 145 cm³/mol. The minimum Gasteiger partial charge on any atom is -0.510 e. The van der Waals surface area contributed by atoms with E-state index in [1.165, 1.54) is 6.08 Å². The van der Waals surface area contributed by atoms with E-state index in [0.717, 1.165) is 11.1 Å². The molecule has 2 aromatic rings. The molecule has 7 heteroatoms. The van der Waals surface area contributed by atoms with Crippen molar-refractivity contribution in [3.63, 3.8) is 0 Å². The lowest BCUT2D eigenvalue weighted by Gasteiger charge is -2.47. The van der Waals surface area contributed by atoms with Crippen LogP contribution in [0.4, 0.5) is 0 Å². The molecule has 2 aromatic carbocycles. The fourth-order valence-electron chi connectivity index (χ4n) is 6.47. The van der Waals surface area contributed by atoms with Crippen molar-refractivity contribution in [2.45, 2.75) is 18.9 Å². The molecule has 0 saturated carbocycles. The summed E-state index contributed by atoms with van der Waals surface area (Å²) >= 11 is 0. The Morgan fingerprint density at radius 1 is 1.08 bits per heavy atom. The molecule has 0 aliphatic heterocycles. The Labute approximate surface area is 221 Å². The van der Waals surface area contributed by atoms with Gasteiger partial charge in [-0.1, -0.05) is 67.3 Å². The molecule has 0 bridgehead atoms. The second-order valence-electron chi connectivity index (χ2n) is 10.4. The van der Waals surface area contributed by atoms with Crippen molar-refractivity contribution in [2.75, 3.05) is 14.1 Å². The summed E-state index contributed by atoms with van der Waals surface area (Å²) in [6.07, 6.45) is 6.08. The number of hydrogen-bond acceptors (Lipinski definition) is 6. The first-order valence-electron chi connectivity index (χ1n) is 12.6. The molecule has 3 aliphatic rings. The number of allylic oxidation sites excluding steroid dienone is 3. The number of carbonyl (C=O) groups is 3. The van der Waals surface area contributed by atoms with E-state index in [0.29, 0.717) is 29.6 Å². The van der Waals surface area contributed by atoms with Crippen LogP contribution in [0, 0.1) is 17.8 Å². The van der Waals surface area contributed by atoms with Crippen LogP contribution in [0.3, 0.4) is 0 Å². The number of benzene rings is 2. The van der Waals surface area contributed by atoms with Crippen molar-refractivity contribution in [2.24, 2.45) is 23.5 Å². The third-order valence-electron chi connectivity index (χ3n) is 8.02. The summed E-state index contributed by atoms with van der Waals surface area (Å²) in [5.41, 5.74) is 8.38. The van der Waals surface area contributed by atoms with Gasteiger partial charge in [-0.05, 0) is 55.5 Å². The fourth-order valence-corrected chi connectivity index (χ4v) is 6.47. The van der Waals surface area contributed by atoms with Crippen LogP contribution in [0.15, 0.2) is 77.6 Å². The largest absolute Gasteiger partial charge is 0.510 e. The van der Waals surface area contributed by atoms with Crippen LogP contribution in [-0.2, 0) is 16.0 Å². The van der Waals surface area contributed by atoms with E-state index in [9.17, 15) is 24.6 Å². The smallest absolute Gasteiger partial charge is 0.255 e. The topological polar surface area (TPSA) is 121 Å². The Balaban J connectivity index is 1.62. The van der Waals surface area contributed by atoms with Crippen LogP contribution >= 0.6 is 0 Å². The number of aromatic hydroxyl groups is 1. The third-order valence-corrected chi connectivity index (χ3v) is 8.02. The first-order chi connectivity index (χ1) is 18.1.